The SMILES string of the molecule is Cc1cc[n+](C2=C(c3c(C)nn(-c4ccc(C)cc4C)c3[O-])C(=O)N(c3ccc(F)cc3)C2=O)cc1. The molecule has 36 heavy (non-hydrogen) atoms. The van der Waals surface area contributed by atoms with Crippen molar-refractivity contribution in [2.45, 2.75) is 27.7 Å². The van der Waals surface area contributed by atoms with Gasteiger partial charge in [-0.05, 0) is 75.0 Å². The lowest BCUT2D eigenvalue weighted by Gasteiger charge is -2.16. The third kappa shape index (κ3) is 3.67. The Kier molecular flexibility index (Phi) is 5.51. The van der Waals surface area contributed by atoms with Crippen molar-refractivity contribution in [2.75, 3.05) is 4.90 Å². The van der Waals surface area contributed by atoms with Crippen LogP contribution in [0.2, 0.25) is 0 Å². The fraction of sp³-hybridized carbons (Fsp3) is 0.143. The van der Waals surface area contributed by atoms with Crippen molar-refractivity contribution in [3.63, 3.8) is 0 Å². The molecular formula is C28H23FN4O3. The van der Waals surface area contributed by atoms with Crippen molar-refractivity contribution in [1.29, 1.82) is 0 Å². The maximum absolute atomic E-state index is 13.8. The van der Waals surface area contributed by atoms with Gasteiger partial charge in [0, 0.05) is 17.7 Å². The number of nitrogens with zero attached hydrogens (tertiary/aromatic N) is 4. The summed E-state index contributed by atoms with van der Waals surface area (Å²) >= 11 is 0. The van der Waals surface area contributed by atoms with Gasteiger partial charge in [0.2, 0.25) is 0 Å². The Morgan fingerprint density at radius 3 is 2.17 bits per heavy atom. The number of benzene rings is 2. The van der Waals surface area contributed by atoms with Gasteiger partial charge in [-0.25, -0.2) is 14.0 Å². The van der Waals surface area contributed by atoms with Gasteiger partial charge in [-0.1, -0.05) is 17.7 Å². The fourth-order valence-corrected chi connectivity index (χ4v) is 4.46. The summed E-state index contributed by atoms with van der Waals surface area (Å²) in [5, 5.41) is 18.2. The van der Waals surface area contributed by atoms with E-state index in [1.807, 2.05) is 32.9 Å². The number of pyridine rings is 1. The molecule has 0 spiro atoms. The maximum atomic E-state index is 13.8. The van der Waals surface area contributed by atoms with E-state index in [4.69, 9.17) is 0 Å². The van der Waals surface area contributed by atoms with E-state index in [2.05, 4.69) is 5.10 Å². The maximum Gasteiger partial charge on any atom is 0.331 e. The highest BCUT2D eigenvalue weighted by Gasteiger charge is 2.47. The van der Waals surface area contributed by atoms with E-state index < -0.39 is 23.5 Å². The van der Waals surface area contributed by atoms with Gasteiger partial charge in [0.15, 0.2) is 12.4 Å². The number of aromatic nitrogens is 3. The minimum atomic E-state index is -0.671. The molecule has 2 aromatic heterocycles. The summed E-state index contributed by atoms with van der Waals surface area (Å²) in [7, 11) is 0. The van der Waals surface area contributed by atoms with Crippen molar-refractivity contribution in [3.05, 3.63) is 101 Å². The molecule has 5 rings (SSSR count). The van der Waals surface area contributed by atoms with Gasteiger partial charge in [0.05, 0.1) is 17.1 Å². The van der Waals surface area contributed by atoms with E-state index in [1.165, 1.54) is 33.5 Å². The second-order valence-electron chi connectivity index (χ2n) is 8.90. The summed E-state index contributed by atoms with van der Waals surface area (Å²) in [6, 6.07) is 14.3. The molecule has 0 fully saturated rings. The molecule has 1 aliphatic rings. The lowest BCUT2D eigenvalue weighted by molar-refractivity contribution is -0.576. The van der Waals surface area contributed by atoms with E-state index >= 15 is 0 Å². The molecule has 0 saturated carbocycles. The average molecular weight is 483 g/mol. The van der Waals surface area contributed by atoms with Crippen molar-refractivity contribution >= 4 is 28.8 Å². The molecule has 180 valence electrons. The van der Waals surface area contributed by atoms with Crippen LogP contribution in [0.4, 0.5) is 10.1 Å². The molecular weight excluding hydrogens is 459 g/mol. The number of hydrogen-bond donors (Lipinski definition) is 0. The lowest BCUT2D eigenvalue weighted by atomic mass is 10.0. The second kappa shape index (κ2) is 8.57. The van der Waals surface area contributed by atoms with Crippen LogP contribution in [-0.2, 0) is 9.59 Å². The molecule has 2 aromatic carbocycles. The van der Waals surface area contributed by atoms with Crippen LogP contribution in [0.15, 0.2) is 67.0 Å². The summed E-state index contributed by atoms with van der Waals surface area (Å²) in [6.45, 7) is 7.38. The molecule has 0 saturated heterocycles. The Balaban J connectivity index is 1.74. The van der Waals surface area contributed by atoms with E-state index in [-0.39, 0.29) is 22.5 Å². The molecule has 1 aliphatic heterocycles. The standard InChI is InChI=1S/C28H23FN4O3/c1-16-11-13-31(14-12-16)25-24(26(34)32(28(25)36)21-8-6-20(29)7-9-21)23-19(4)30-33(27(23)35)22-10-5-17(2)15-18(22)3/h5-15H,1-4H3. The zero-order valence-corrected chi connectivity index (χ0v) is 20.2. The molecule has 0 radical (unpaired) electrons. The highest BCUT2D eigenvalue weighted by Crippen LogP contribution is 2.38. The largest absolute Gasteiger partial charge is 0.858 e. The van der Waals surface area contributed by atoms with Gasteiger partial charge >= 0.3 is 5.91 Å². The third-order valence-electron chi connectivity index (χ3n) is 6.25. The van der Waals surface area contributed by atoms with Gasteiger partial charge < -0.3 is 5.11 Å². The predicted molar refractivity (Wildman–Crippen MR) is 131 cm³/mol. The summed E-state index contributed by atoms with van der Waals surface area (Å²) in [5.74, 6) is -2.28. The van der Waals surface area contributed by atoms with E-state index in [0.717, 1.165) is 21.6 Å². The highest BCUT2D eigenvalue weighted by atomic mass is 19.1. The van der Waals surface area contributed by atoms with Gasteiger partial charge in [-0.3, -0.25) is 9.59 Å². The van der Waals surface area contributed by atoms with Gasteiger partial charge in [-0.2, -0.15) is 9.67 Å². The first kappa shape index (κ1) is 23.2. The minimum Gasteiger partial charge on any atom is -0.858 e. The number of halogens is 1. The number of amides is 2. The topological polar surface area (TPSA) is 82.1 Å². The van der Waals surface area contributed by atoms with Crippen molar-refractivity contribution in [2.24, 2.45) is 0 Å². The molecule has 8 heteroatoms. The van der Waals surface area contributed by atoms with E-state index in [9.17, 15) is 19.1 Å². The Morgan fingerprint density at radius 2 is 1.53 bits per heavy atom. The summed E-state index contributed by atoms with van der Waals surface area (Å²) < 4.78 is 16.4. The number of anilines is 1. The highest BCUT2D eigenvalue weighted by molar-refractivity contribution is 6.53. The number of aryl methyl sites for hydroxylation is 4. The molecule has 2 amide bonds. The average Bonchev–Trinajstić information content (AvgIpc) is 3.26. The van der Waals surface area contributed by atoms with Crippen molar-refractivity contribution in [3.8, 4) is 11.6 Å². The number of imide groups is 1. The van der Waals surface area contributed by atoms with Crippen LogP contribution in [0.1, 0.15) is 27.9 Å². The van der Waals surface area contributed by atoms with Gasteiger partial charge in [0.25, 0.3) is 11.6 Å². The number of rotatable bonds is 4. The minimum absolute atomic E-state index is 0.0321. The summed E-state index contributed by atoms with van der Waals surface area (Å²) in [5.41, 5.74) is 4.02. The van der Waals surface area contributed by atoms with Crippen molar-refractivity contribution in [1.82, 2.24) is 9.78 Å². The van der Waals surface area contributed by atoms with Crippen LogP contribution in [0, 0.1) is 33.5 Å². The van der Waals surface area contributed by atoms with Crippen LogP contribution in [0.25, 0.3) is 17.0 Å². The number of carbonyl (C=O) groups is 2. The number of hydrogen-bond acceptors (Lipinski definition) is 4. The Bertz CT molecular complexity index is 1570. The van der Waals surface area contributed by atoms with E-state index in [0.29, 0.717) is 11.4 Å². The first-order chi connectivity index (χ1) is 17.2. The molecule has 3 heterocycles. The summed E-state index contributed by atoms with van der Waals surface area (Å²) in [4.78, 5) is 28.4. The molecule has 4 aromatic rings. The zero-order chi connectivity index (χ0) is 25.7. The summed E-state index contributed by atoms with van der Waals surface area (Å²) in [6.07, 6.45) is 3.33. The van der Waals surface area contributed by atoms with E-state index in [1.54, 1.807) is 37.5 Å². The smallest absolute Gasteiger partial charge is 0.331 e. The Labute approximate surface area is 207 Å². The molecule has 0 atom stereocenters. The Hall–Kier alpha value is -4.59. The van der Waals surface area contributed by atoms with Gasteiger partial charge in [0.1, 0.15) is 11.4 Å². The molecule has 0 unspecified atom stereocenters. The van der Waals surface area contributed by atoms with Crippen LogP contribution in [-0.4, -0.2) is 21.6 Å². The molecule has 0 N–H and O–H groups in total. The van der Waals surface area contributed by atoms with Crippen LogP contribution >= 0.6 is 0 Å². The molecule has 0 aliphatic carbocycles. The monoisotopic (exact) mass is 482 g/mol. The third-order valence-corrected chi connectivity index (χ3v) is 6.25. The first-order valence-electron chi connectivity index (χ1n) is 11.4. The van der Waals surface area contributed by atoms with Crippen LogP contribution in [0.5, 0.6) is 5.88 Å². The Morgan fingerprint density at radius 1 is 0.861 bits per heavy atom. The lowest BCUT2D eigenvalue weighted by Crippen LogP contribution is -2.39. The fourth-order valence-electron chi connectivity index (χ4n) is 4.46. The molecule has 7 nitrogen and oxygen atoms in total. The van der Waals surface area contributed by atoms with Crippen LogP contribution < -0.4 is 14.6 Å². The van der Waals surface area contributed by atoms with Crippen LogP contribution in [0.3, 0.4) is 0 Å². The first-order valence-corrected chi connectivity index (χ1v) is 11.4. The molecule has 0 bridgehead atoms. The predicted octanol–water partition coefficient (Wildman–Crippen LogP) is 3.55. The normalized spacial score (nSPS) is 13.8. The second-order valence-corrected chi connectivity index (χ2v) is 8.90. The van der Waals surface area contributed by atoms with Gasteiger partial charge in [-0.15, -0.1) is 0 Å². The zero-order valence-electron chi connectivity index (χ0n) is 20.2. The van der Waals surface area contributed by atoms with Crippen molar-refractivity contribution < 1.29 is 23.7 Å². The quantitative estimate of drug-likeness (QED) is 0.329. The number of carbonyl (C=O) groups excluding carboxylic acids is 2.